The molecule has 1 aliphatic heterocycles. The first kappa shape index (κ1) is 5.93. The SMILES string of the molecule is N#CC1(N)CCSC1. The number of thioether (sulfide) groups is 1. The van der Waals surface area contributed by atoms with Crippen LogP contribution in [0.2, 0.25) is 0 Å². The van der Waals surface area contributed by atoms with Crippen molar-refractivity contribution in [1.29, 1.82) is 5.26 Å². The van der Waals surface area contributed by atoms with Crippen molar-refractivity contribution in [3.8, 4) is 6.07 Å². The van der Waals surface area contributed by atoms with E-state index >= 15 is 0 Å². The van der Waals surface area contributed by atoms with Gasteiger partial charge in [0.2, 0.25) is 0 Å². The Labute approximate surface area is 53.0 Å². The van der Waals surface area contributed by atoms with Crippen molar-refractivity contribution in [1.82, 2.24) is 0 Å². The van der Waals surface area contributed by atoms with E-state index in [-0.39, 0.29) is 0 Å². The highest BCUT2D eigenvalue weighted by atomic mass is 32.2. The lowest BCUT2D eigenvalue weighted by atomic mass is 10.0. The van der Waals surface area contributed by atoms with Crippen LogP contribution in [0.3, 0.4) is 0 Å². The van der Waals surface area contributed by atoms with Crippen LogP contribution >= 0.6 is 11.8 Å². The Morgan fingerprint density at radius 2 is 2.50 bits per heavy atom. The summed E-state index contributed by atoms with van der Waals surface area (Å²) < 4.78 is 0. The Morgan fingerprint density at radius 1 is 1.75 bits per heavy atom. The number of hydrogen-bond donors (Lipinski definition) is 1. The number of rotatable bonds is 0. The Hall–Kier alpha value is -0.200. The maximum Gasteiger partial charge on any atom is 0.114 e. The molecule has 1 atom stereocenters. The summed E-state index contributed by atoms with van der Waals surface area (Å²) in [4.78, 5) is 0. The van der Waals surface area contributed by atoms with Gasteiger partial charge in [0.15, 0.2) is 0 Å². The van der Waals surface area contributed by atoms with E-state index in [2.05, 4.69) is 6.07 Å². The molecule has 1 rings (SSSR count). The minimum atomic E-state index is -0.495. The second-order valence-corrected chi connectivity index (χ2v) is 3.18. The van der Waals surface area contributed by atoms with Gasteiger partial charge in [-0.1, -0.05) is 0 Å². The molecule has 3 heteroatoms. The largest absolute Gasteiger partial charge is 0.313 e. The first-order valence-electron chi connectivity index (χ1n) is 2.55. The fourth-order valence-electron chi connectivity index (χ4n) is 0.669. The van der Waals surface area contributed by atoms with Crippen molar-refractivity contribution in [2.24, 2.45) is 5.73 Å². The predicted molar refractivity (Wildman–Crippen MR) is 34.5 cm³/mol. The fraction of sp³-hybridized carbons (Fsp3) is 0.800. The maximum absolute atomic E-state index is 8.44. The van der Waals surface area contributed by atoms with Gasteiger partial charge in [0.05, 0.1) is 6.07 Å². The van der Waals surface area contributed by atoms with Gasteiger partial charge in [0.1, 0.15) is 5.54 Å². The molecule has 0 spiro atoms. The van der Waals surface area contributed by atoms with Crippen molar-refractivity contribution >= 4 is 11.8 Å². The summed E-state index contributed by atoms with van der Waals surface area (Å²) in [5, 5.41) is 8.44. The topological polar surface area (TPSA) is 49.8 Å². The van der Waals surface area contributed by atoms with Crippen LogP contribution < -0.4 is 5.73 Å². The maximum atomic E-state index is 8.44. The molecule has 0 bridgehead atoms. The summed E-state index contributed by atoms with van der Waals surface area (Å²) >= 11 is 1.76. The third kappa shape index (κ3) is 0.960. The minimum Gasteiger partial charge on any atom is -0.313 e. The zero-order chi connectivity index (χ0) is 6.04. The van der Waals surface area contributed by atoms with E-state index in [0.29, 0.717) is 0 Å². The highest BCUT2D eigenvalue weighted by Crippen LogP contribution is 2.24. The molecule has 1 saturated heterocycles. The van der Waals surface area contributed by atoms with Crippen LogP contribution in [0.15, 0.2) is 0 Å². The summed E-state index contributed by atoms with van der Waals surface area (Å²) in [6, 6.07) is 2.10. The molecule has 0 aromatic carbocycles. The van der Waals surface area contributed by atoms with Gasteiger partial charge in [-0.25, -0.2) is 0 Å². The van der Waals surface area contributed by atoms with Crippen LogP contribution in [0.1, 0.15) is 6.42 Å². The summed E-state index contributed by atoms with van der Waals surface area (Å²) in [6.45, 7) is 0. The molecule has 1 aliphatic rings. The van der Waals surface area contributed by atoms with E-state index < -0.39 is 5.54 Å². The van der Waals surface area contributed by atoms with Crippen molar-refractivity contribution in [3.63, 3.8) is 0 Å². The van der Waals surface area contributed by atoms with Gasteiger partial charge in [0.25, 0.3) is 0 Å². The summed E-state index contributed by atoms with van der Waals surface area (Å²) in [7, 11) is 0. The molecule has 0 aliphatic carbocycles. The van der Waals surface area contributed by atoms with Crippen molar-refractivity contribution in [2.45, 2.75) is 12.0 Å². The lowest BCUT2D eigenvalue weighted by Gasteiger charge is -2.09. The average molecular weight is 128 g/mol. The van der Waals surface area contributed by atoms with E-state index in [1.165, 1.54) is 0 Å². The number of nitrogens with zero attached hydrogens (tertiary/aromatic N) is 1. The van der Waals surface area contributed by atoms with Crippen LogP contribution in [-0.4, -0.2) is 17.0 Å². The predicted octanol–water partition coefficient (Wildman–Crippen LogP) is 0.344. The fourth-order valence-corrected chi connectivity index (χ4v) is 1.89. The Bertz CT molecular complexity index is 121. The Balaban J connectivity index is 2.56. The summed E-state index contributed by atoms with van der Waals surface area (Å²) in [6.07, 6.45) is 0.855. The van der Waals surface area contributed by atoms with Crippen molar-refractivity contribution in [3.05, 3.63) is 0 Å². The highest BCUT2D eigenvalue weighted by molar-refractivity contribution is 7.99. The molecule has 1 unspecified atom stereocenters. The van der Waals surface area contributed by atoms with Gasteiger partial charge in [-0.05, 0) is 12.2 Å². The Kier molecular flexibility index (Phi) is 1.45. The lowest BCUT2D eigenvalue weighted by Crippen LogP contribution is -2.37. The highest BCUT2D eigenvalue weighted by Gasteiger charge is 2.29. The third-order valence-electron chi connectivity index (χ3n) is 1.27. The monoisotopic (exact) mass is 128 g/mol. The molecule has 0 saturated carbocycles. The van der Waals surface area contributed by atoms with E-state index in [1.54, 1.807) is 11.8 Å². The van der Waals surface area contributed by atoms with Crippen LogP contribution in [0.4, 0.5) is 0 Å². The molecular formula is C5H8N2S. The number of hydrogen-bond acceptors (Lipinski definition) is 3. The van der Waals surface area contributed by atoms with Crippen LogP contribution in [0.5, 0.6) is 0 Å². The van der Waals surface area contributed by atoms with E-state index in [4.69, 9.17) is 11.0 Å². The first-order valence-corrected chi connectivity index (χ1v) is 3.70. The van der Waals surface area contributed by atoms with E-state index in [1.807, 2.05) is 0 Å². The smallest absolute Gasteiger partial charge is 0.114 e. The molecular weight excluding hydrogens is 120 g/mol. The zero-order valence-electron chi connectivity index (χ0n) is 4.55. The molecule has 0 amide bonds. The molecule has 1 heterocycles. The molecule has 0 aromatic heterocycles. The second-order valence-electron chi connectivity index (χ2n) is 2.07. The number of nitriles is 1. The van der Waals surface area contributed by atoms with E-state index in [9.17, 15) is 0 Å². The van der Waals surface area contributed by atoms with E-state index in [0.717, 1.165) is 17.9 Å². The quantitative estimate of drug-likeness (QED) is 0.512. The summed E-state index contributed by atoms with van der Waals surface area (Å²) in [5.41, 5.74) is 5.08. The molecule has 0 aromatic rings. The van der Waals surface area contributed by atoms with Crippen molar-refractivity contribution in [2.75, 3.05) is 11.5 Å². The molecule has 0 radical (unpaired) electrons. The summed E-state index contributed by atoms with van der Waals surface area (Å²) in [5.74, 6) is 1.85. The minimum absolute atomic E-state index is 0.495. The lowest BCUT2D eigenvalue weighted by molar-refractivity contribution is 0.615. The molecule has 8 heavy (non-hydrogen) atoms. The second kappa shape index (κ2) is 1.96. The van der Waals surface area contributed by atoms with Gasteiger partial charge in [-0.15, -0.1) is 0 Å². The molecule has 2 N–H and O–H groups in total. The molecule has 2 nitrogen and oxygen atoms in total. The average Bonchev–Trinajstić information content (AvgIpc) is 2.17. The molecule has 1 fully saturated rings. The number of nitrogens with two attached hydrogens (primary N) is 1. The standard InChI is InChI=1S/C5H8N2S/c6-3-5(7)1-2-8-4-5/h1-2,4,7H2. The van der Waals surface area contributed by atoms with Crippen LogP contribution in [-0.2, 0) is 0 Å². The zero-order valence-corrected chi connectivity index (χ0v) is 5.37. The van der Waals surface area contributed by atoms with Gasteiger partial charge < -0.3 is 5.73 Å². The van der Waals surface area contributed by atoms with Gasteiger partial charge in [-0.3, -0.25) is 0 Å². The normalized spacial score (nSPS) is 37.0. The van der Waals surface area contributed by atoms with Crippen molar-refractivity contribution < 1.29 is 0 Å². The van der Waals surface area contributed by atoms with Gasteiger partial charge in [-0.2, -0.15) is 17.0 Å². The Morgan fingerprint density at radius 3 is 2.75 bits per heavy atom. The van der Waals surface area contributed by atoms with Gasteiger partial charge in [0, 0.05) is 5.75 Å². The van der Waals surface area contributed by atoms with Crippen LogP contribution in [0, 0.1) is 11.3 Å². The van der Waals surface area contributed by atoms with Gasteiger partial charge >= 0.3 is 0 Å². The molecule has 44 valence electrons. The first-order chi connectivity index (χ1) is 3.77. The van der Waals surface area contributed by atoms with Crippen LogP contribution in [0.25, 0.3) is 0 Å². The third-order valence-corrected chi connectivity index (χ3v) is 2.49.